The molecule has 0 spiro atoms. The second kappa shape index (κ2) is 11.3. The van der Waals surface area contributed by atoms with E-state index in [1.165, 1.54) is 0 Å². The molecule has 10 nitrogen and oxygen atoms in total. The molecular weight excluding hydrogens is 442 g/mol. The second-order valence-electron chi connectivity index (χ2n) is 9.21. The van der Waals surface area contributed by atoms with Gasteiger partial charge in [-0.1, -0.05) is 0 Å². The summed E-state index contributed by atoms with van der Waals surface area (Å²) in [4.78, 5) is 14.3. The molecule has 3 N–H and O–H groups in total. The van der Waals surface area contributed by atoms with E-state index in [4.69, 9.17) is 20.0 Å². The monoisotopic (exact) mass is 475 g/mol. The number of hydrogen-bond acceptors (Lipinski definition) is 10. The third-order valence-electron chi connectivity index (χ3n) is 6.84. The predicted octanol–water partition coefficient (Wildman–Crippen LogP) is 2.07. The van der Waals surface area contributed by atoms with Gasteiger partial charge in [0.15, 0.2) is 0 Å². The molecule has 0 unspecified atom stereocenters. The molecule has 2 fully saturated rings. The lowest BCUT2D eigenvalue weighted by atomic mass is 9.94. The summed E-state index contributed by atoms with van der Waals surface area (Å²) in [5.74, 6) is 2.83. The van der Waals surface area contributed by atoms with Gasteiger partial charge >= 0.3 is 0 Å². The molecule has 1 aromatic carbocycles. The number of fused-ring (bicyclic) bond motifs is 1. The Hall–Kier alpha value is -3.42. The maximum atomic E-state index is 9.00. The van der Waals surface area contributed by atoms with E-state index >= 15 is 0 Å². The SMILES string of the molecule is N#CCC1CCN(c2nc3c(c(Nc4ccc(OCCN5CCNCC5)cc4)n2)CNN=C3)CC1. The summed E-state index contributed by atoms with van der Waals surface area (Å²) in [6.07, 6.45) is 4.36. The molecule has 0 radical (unpaired) electrons. The van der Waals surface area contributed by atoms with Crippen molar-refractivity contribution in [3.63, 3.8) is 0 Å². The van der Waals surface area contributed by atoms with Crippen LogP contribution in [-0.2, 0) is 6.54 Å². The van der Waals surface area contributed by atoms with E-state index in [-0.39, 0.29) is 0 Å². The summed E-state index contributed by atoms with van der Waals surface area (Å²) in [7, 11) is 0. The number of piperazine rings is 1. The lowest BCUT2D eigenvalue weighted by Crippen LogP contribution is -2.44. The average Bonchev–Trinajstić information content (AvgIpc) is 2.91. The number of aromatic nitrogens is 2. The number of rotatable bonds is 8. The minimum atomic E-state index is 0.467. The van der Waals surface area contributed by atoms with E-state index in [2.05, 4.69) is 37.0 Å². The highest BCUT2D eigenvalue weighted by atomic mass is 16.5. The van der Waals surface area contributed by atoms with Crippen LogP contribution < -0.4 is 25.7 Å². The van der Waals surface area contributed by atoms with Gasteiger partial charge in [-0.05, 0) is 43.0 Å². The van der Waals surface area contributed by atoms with Crippen LogP contribution in [0.15, 0.2) is 29.4 Å². The maximum Gasteiger partial charge on any atom is 0.227 e. The normalized spacial score (nSPS) is 18.4. The van der Waals surface area contributed by atoms with Gasteiger partial charge in [-0.2, -0.15) is 15.3 Å². The number of benzene rings is 1. The van der Waals surface area contributed by atoms with Crippen molar-refractivity contribution in [2.45, 2.75) is 25.8 Å². The first-order chi connectivity index (χ1) is 17.3. The van der Waals surface area contributed by atoms with Crippen LogP contribution in [-0.4, -0.2) is 73.5 Å². The first-order valence-electron chi connectivity index (χ1n) is 12.5. The zero-order valence-electron chi connectivity index (χ0n) is 20.0. The van der Waals surface area contributed by atoms with Crippen LogP contribution in [0.25, 0.3) is 0 Å². The third kappa shape index (κ3) is 5.99. The highest BCUT2D eigenvalue weighted by Gasteiger charge is 2.24. The fourth-order valence-electron chi connectivity index (χ4n) is 4.71. The Bertz CT molecular complexity index is 1050. The number of ether oxygens (including phenoxy) is 1. The molecule has 0 bridgehead atoms. The van der Waals surface area contributed by atoms with Crippen LogP contribution in [0.4, 0.5) is 17.5 Å². The Labute approximate surface area is 206 Å². The van der Waals surface area contributed by atoms with Gasteiger partial charge in [0.2, 0.25) is 5.95 Å². The number of anilines is 3. The van der Waals surface area contributed by atoms with E-state index in [0.717, 1.165) is 87.2 Å². The van der Waals surface area contributed by atoms with Gasteiger partial charge < -0.3 is 25.7 Å². The van der Waals surface area contributed by atoms with Gasteiger partial charge in [-0.25, -0.2) is 4.98 Å². The Morgan fingerprint density at radius 1 is 1.09 bits per heavy atom. The third-order valence-corrected chi connectivity index (χ3v) is 6.84. The molecule has 10 heteroatoms. The molecule has 5 rings (SSSR count). The fourth-order valence-corrected chi connectivity index (χ4v) is 4.71. The molecule has 0 atom stereocenters. The summed E-state index contributed by atoms with van der Waals surface area (Å²) < 4.78 is 5.96. The van der Waals surface area contributed by atoms with Crippen LogP contribution in [0, 0.1) is 17.2 Å². The summed E-state index contributed by atoms with van der Waals surface area (Å²) >= 11 is 0. The molecule has 184 valence electrons. The molecule has 2 saturated heterocycles. The molecule has 0 aliphatic carbocycles. The van der Waals surface area contributed by atoms with E-state index in [0.29, 0.717) is 31.4 Å². The van der Waals surface area contributed by atoms with E-state index in [9.17, 15) is 0 Å². The quantitative estimate of drug-likeness (QED) is 0.528. The summed E-state index contributed by atoms with van der Waals surface area (Å²) in [5, 5.41) is 20.0. The zero-order valence-corrected chi connectivity index (χ0v) is 20.0. The van der Waals surface area contributed by atoms with E-state index < -0.39 is 0 Å². The molecule has 1 aromatic heterocycles. The number of hydrogen-bond donors (Lipinski definition) is 3. The van der Waals surface area contributed by atoms with E-state index in [1.54, 1.807) is 6.21 Å². The molecular formula is C25H33N9O. The number of hydrazone groups is 1. The smallest absolute Gasteiger partial charge is 0.227 e. The lowest BCUT2D eigenvalue weighted by molar-refractivity contribution is 0.191. The van der Waals surface area contributed by atoms with Crippen molar-refractivity contribution in [2.75, 3.05) is 62.6 Å². The first kappa shape index (κ1) is 23.3. The van der Waals surface area contributed by atoms with Crippen molar-refractivity contribution in [3.05, 3.63) is 35.5 Å². The second-order valence-corrected chi connectivity index (χ2v) is 9.21. The largest absolute Gasteiger partial charge is 0.492 e. The standard InChI is InChI=1S/C25H33N9O/c26-8-5-19-6-11-34(12-7-19)25-31-23-18-29-28-17-22(23)24(32-25)30-20-1-3-21(4-2-20)35-16-15-33-13-9-27-10-14-33/h1-4,18-19,27-28H,5-7,9-17H2,(H,30,31,32). The van der Waals surface area contributed by atoms with Crippen molar-refractivity contribution < 1.29 is 4.74 Å². The zero-order chi connectivity index (χ0) is 23.9. The first-order valence-corrected chi connectivity index (χ1v) is 12.5. The Balaban J connectivity index is 1.24. The van der Waals surface area contributed by atoms with Crippen LogP contribution in [0.2, 0.25) is 0 Å². The molecule has 0 saturated carbocycles. The fraction of sp³-hybridized carbons (Fsp3) is 0.520. The molecule has 2 aromatic rings. The molecule has 4 heterocycles. The molecule has 35 heavy (non-hydrogen) atoms. The Morgan fingerprint density at radius 3 is 2.66 bits per heavy atom. The Kier molecular flexibility index (Phi) is 7.56. The van der Waals surface area contributed by atoms with Gasteiger partial charge in [0.05, 0.1) is 24.5 Å². The lowest BCUT2D eigenvalue weighted by Gasteiger charge is -2.31. The van der Waals surface area contributed by atoms with Gasteiger partial charge in [-0.15, -0.1) is 0 Å². The minimum absolute atomic E-state index is 0.467. The van der Waals surface area contributed by atoms with Gasteiger partial charge in [0.1, 0.15) is 18.2 Å². The maximum absolute atomic E-state index is 9.00. The predicted molar refractivity (Wildman–Crippen MR) is 136 cm³/mol. The van der Waals surface area contributed by atoms with Crippen LogP contribution >= 0.6 is 0 Å². The van der Waals surface area contributed by atoms with Gasteiger partial charge in [0.25, 0.3) is 0 Å². The Morgan fingerprint density at radius 2 is 1.89 bits per heavy atom. The van der Waals surface area contributed by atoms with Crippen LogP contribution in [0.5, 0.6) is 5.75 Å². The summed E-state index contributed by atoms with van der Waals surface area (Å²) in [6.45, 7) is 8.19. The highest BCUT2D eigenvalue weighted by Crippen LogP contribution is 2.28. The van der Waals surface area contributed by atoms with Crippen molar-refractivity contribution >= 4 is 23.7 Å². The molecule has 3 aliphatic heterocycles. The van der Waals surface area contributed by atoms with Gasteiger partial charge in [0, 0.05) is 63.5 Å². The van der Waals surface area contributed by atoms with Crippen LogP contribution in [0.3, 0.4) is 0 Å². The molecule has 0 amide bonds. The minimum Gasteiger partial charge on any atom is -0.492 e. The highest BCUT2D eigenvalue weighted by molar-refractivity contribution is 5.83. The van der Waals surface area contributed by atoms with Crippen molar-refractivity contribution in [1.29, 1.82) is 5.26 Å². The number of nitrogens with zero attached hydrogens (tertiary/aromatic N) is 6. The summed E-state index contributed by atoms with van der Waals surface area (Å²) in [6, 6.07) is 10.3. The molecule has 3 aliphatic rings. The average molecular weight is 476 g/mol. The van der Waals surface area contributed by atoms with E-state index in [1.807, 2.05) is 24.3 Å². The van der Waals surface area contributed by atoms with Crippen molar-refractivity contribution in [2.24, 2.45) is 11.0 Å². The topological polar surface area (TPSA) is 114 Å². The summed E-state index contributed by atoms with van der Waals surface area (Å²) in [5.41, 5.74) is 5.80. The van der Waals surface area contributed by atoms with Gasteiger partial charge in [-0.3, -0.25) is 4.90 Å². The van der Waals surface area contributed by atoms with Crippen LogP contribution in [0.1, 0.15) is 30.5 Å². The van der Waals surface area contributed by atoms with Crippen molar-refractivity contribution in [3.8, 4) is 11.8 Å². The number of nitrogens with one attached hydrogen (secondary N) is 3. The number of piperidine rings is 1. The number of nitriles is 1. The van der Waals surface area contributed by atoms with Crippen molar-refractivity contribution in [1.82, 2.24) is 25.6 Å².